The third-order valence-electron chi connectivity index (χ3n) is 2.76. The van der Waals surface area contributed by atoms with E-state index < -0.39 is 42.6 Å². The number of benzene rings is 1. The van der Waals surface area contributed by atoms with E-state index in [0.717, 1.165) is 0 Å². The monoisotopic (exact) mass is 280 g/mol. The van der Waals surface area contributed by atoms with Gasteiger partial charge in [-0.15, -0.1) is 0 Å². The van der Waals surface area contributed by atoms with Crippen molar-refractivity contribution in [3.63, 3.8) is 0 Å². The highest BCUT2D eigenvalue weighted by atomic mass is 16.6. The molecule has 1 aromatic rings. The van der Waals surface area contributed by atoms with Crippen LogP contribution in [-0.4, -0.2) is 52.9 Å². The molecule has 2 N–H and O–H groups in total. The Bertz CT molecular complexity index is 525. The van der Waals surface area contributed by atoms with Crippen LogP contribution in [0.4, 0.5) is 0 Å². The van der Waals surface area contributed by atoms with Crippen LogP contribution in [-0.2, 0) is 19.1 Å². The highest BCUT2D eigenvalue weighted by molar-refractivity contribution is 6.09. The van der Waals surface area contributed by atoms with Gasteiger partial charge in [-0.05, 0) is 12.1 Å². The lowest BCUT2D eigenvalue weighted by molar-refractivity contribution is -0.151. The first-order valence-electron chi connectivity index (χ1n) is 5.83. The zero-order valence-corrected chi connectivity index (χ0v) is 10.3. The molecular formula is C13H12O7. The van der Waals surface area contributed by atoms with Gasteiger partial charge in [0.05, 0.1) is 5.56 Å². The minimum absolute atomic E-state index is 0.287. The summed E-state index contributed by atoms with van der Waals surface area (Å²) in [7, 11) is 0. The average Bonchev–Trinajstić information content (AvgIpc) is 2.73. The van der Waals surface area contributed by atoms with Gasteiger partial charge in [-0.3, -0.25) is 4.79 Å². The minimum atomic E-state index is -1.89. The fraction of sp³-hybridized carbons (Fsp3) is 0.308. The third-order valence-corrected chi connectivity index (χ3v) is 2.76. The quantitative estimate of drug-likeness (QED) is 0.541. The lowest BCUT2D eigenvalue weighted by atomic mass is 10.1. The molecule has 3 unspecified atom stereocenters. The molecular weight excluding hydrogens is 268 g/mol. The first kappa shape index (κ1) is 14.2. The van der Waals surface area contributed by atoms with E-state index >= 15 is 0 Å². The van der Waals surface area contributed by atoms with E-state index in [1.165, 1.54) is 12.1 Å². The highest BCUT2D eigenvalue weighted by Crippen LogP contribution is 2.15. The van der Waals surface area contributed by atoms with Gasteiger partial charge in [0.2, 0.25) is 11.9 Å². The van der Waals surface area contributed by atoms with Gasteiger partial charge >= 0.3 is 11.9 Å². The second-order valence-corrected chi connectivity index (χ2v) is 4.19. The zero-order chi connectivity index (χ0) is 14.7. The van der Waals surface area contributed by atoms with Crippen molar-refractivity contribution in [2.45, 2.75) is 18.3 Å². The van der Waals surface area contributed by atoms with Crippen molar-refractivity contribution in [2.75, 3.05) is 6.61 Å². The second-order valence-electron chi connectivity index (χ2n) is 4.19. The van der Waals surface area contributed by atoms with Crippen LogP contribution in [0.5, 0.6) is 0 Å². The molecule has 1 heterocycles. The van der Waals surface area contributed by atoms with Crippen molar-refractivity contribution in [1.82, 2.24) is 0 Å². The van der Waals surface area contributed by atoms with Crippen LogP contribution in [0, 0.1) is 0 Å². The van der Waals surface area contributed by atoms with Gasteiger partial charge in [0.25, 0.3) is 0 Å². The summed E-state index contributed by atoms with van der Waals surface area (Å²) < 4.78 is 9.31. The fourth-order valence-corrected chi connectivity index (χ4v) is 1.69. The van der Waals surface area contributed by atoms with Gasteiger partial charge in [-0.2, -0.15) is 0 Å². The molecule has 0 spiro atoms. The average molecular weight is 280 g/mol. The summed E-state index contributed by atoms with van der Waals surface area (Å²) in [5.41, 5.74) is 0.287. The van der Waals surface area contributed by atoms with Crippen LogP contribution < -0.4 is 0 Å². The second kappa shape index (κ2) is 5.81. The Morgan fingerprint density at radius 3 is 2.50 bits per heavy atom. The standard InChI is InChI=1S/C13H12O7/c14-8(11-9(15)10(16)13(18)20-11)6-19-12(17)7-4-2-1-3-5-7/h1-5,8,10-11,14,16H,6H2. The van der Waals surface area contributed by atoms with Crippen molar-refractivity contribution in [3.05, 3.63) is 35.9 Å². The molecule has 0 aliphatic carbocycles. The SMILES string of the molecule is O=C(OCC(O)C1OC(=O)C(O)C1=O)c1ccccc1. The lowest BCUT2D eigenvalue weighted by Crippen LogP contribution is -2.38. The summed E-state index contributed by atoms with van der Waals surface area (Å²) in [6, 6.07) is 8.07. The molecule has 0 amide bonds. The van der Waals surface area contributed by atoms with E-state index in [0.29, 0.717) is 0 Å². The van der Waals surface area contributed by atoms with Gasteiger partial charge in [-0.1, -0.05) is 18.2 Å². The number of aliphatic hydroxyl groups excluding tert-OH is 2. The van der Waals surface area contributed by atoms with Crippen LogP contribution in [0.25, 0.3) is 0 Å². The number of rotatable bonds is 4. The highest BCUT2D eigenvalue weighted by Gasteiger charge is 2.46. The molecule has 1 fully saturated rings. The Kier molecular flexibility index (Phi) is 4.11. The molecule has 3 atom stereocenters. The topological polar surface area (TPSA) is 110 Å². The Hall–Kier alpha value is -2.25. The molecule has 106 valence electrons. The minimum Gasteiger partial charge on any atom is -0.459 e. The third kappa shape index (κ3) is 2.84. The Morgan fingerprint density at radius 2 is 1.95 bits per heavy atom. The predicted octanol–water partition coefficient (Wildman–Crippen LogP) is -0.940. The molecule has 7 nitrogen and oxygen atoms in total. The first-order valence-corrected chi connectivity index (χ1v) is 5.83. The molecule has 1 aromatic carbocycles. The smallest absolute Gasteiger partial charge is 0.343 e. The summed E-state index contributed by atoms with van der Waals surface area (Å²) >= 11 is 0. The molecule has 7 heteroatoms. The number of aliphatic hydroxyl groups is 2. The van der Waals surface area contributed by atoms with Crippen LogP contribution in [0.3, 0.4) is 0 Å². The van der Waals surface area contributed by atoms with Gasteiger partial charge in [0, 0.05) is 0 Å². The van der Waals surface area contributed by atoms with Gasteiger partial charge in [0.1, 0.15) is 12.7 Å². The summed E-state index contributed by atoms with van der Waals surface area (Å²) in [5, 5.41) is 18.8. The van der Waals surface area contributed by atoms with E-state index in [2.05, 4.69) is 4.74 Å². The van der Waals surface area contributed by atoms with Crippen LogP contribution in [0.1, 0.15) is 10.4 Å². The summed E-state index contributed by atoms with van der Waals surface area (Å²) in [4.78, 5) is 33.9. The van der Waals surface area contributed by atoms with Crippen molar-refractivity contribution in [1.29, 1.82) is 0 Å². The molecule has 0 saturated carbocycles. The number of esters is 2. The molecule has 0 radical (unpaired) electrons. The van der Waals surface area contributed by atoms with Crippen molar-refractivity contribution in [3.8, 4) is 0 Å². The summed E-state index contributed by atoms with van der Waals surface area (Å²) in [5.74, 6) is -2.74. The summed E-state index contributed by atoms with van der Waals surface area (Å²) in [6.07, 6.45) is -4.92. The maximum Gasteiger partial charge on any atom is 0.343 e. The maximum absolute atomic E-state index is 11.6. The van der Waals surface area contributed by atoms with Crippen molar-refractivity contribution in [2.24, 2.45) is 0 Å². The Labute approximate surface area is 113 Å². The number of hydrogen-bond acceptors (Lipinski definition) is 7. The summed E-state index contributed by atoms with van der Waals surface area (Å²) in [6.45, 7) is -0.524. The fourth-order valence-electron chi connectivity index (χ4n) is 1.69. The number of ether oxygens (including phenoxy) is 2. The number of ketones is 1. The number of carbonyl (C=O) groups is 3. The van der Waals surface area contributed by atoms with E-state index in [4.69, 9.17) is 9.84 Å². The maximum atomic E-state index is 11.6. The van der Waals surface area contributed by atoms with Crippen molar-refractivity contribution < 1.29 is 34.1 Å². The van der Waals surface area contributed by atoms with E-state index in [-0.39, 0.29) is 5.56 Å². The van der Waals surface area contributed by atoms with Gasteiger partial charge in [0.15, 0.2) is 6.10 Å². The number of hydrogen-bond donors (Lipinski definition) is 2. The van der Waals surface area contributed by atoms with E-state index in [1.54, 1.807) is 18.2 Å². The zero-order valence-electron chi connectivity index (χ0n) is 10.3. The van der Waals surface area contributed by atoms with Crippen LogP contribution >= 0.6 is 0 Å². The largest absolute Gasteiger partial charge is 0.459 e. The molecule has 1 saturated heterocycles. The molecule has 1 aliphatic heterocycles. The Morgan fingerprint density at radius 1 is 1.30 bits per heavy atom. The van der Waals surface area contributed by atoms with E-state index in [1.807, 2.05) is 0 Å². The number of Topliss-reactive ketones (excluding diaryl/α,β-unsaturated/α-hetero) is 1. The molecule has 0 bridgehead atoms. The van der Waals surface area contributed by atoms with Gasteiger partial charge in [-0.25, -0.2) is 9.59 Å². The Balaban J connectivity index is 1.90. The number of carbonyl (C=O) groups excluding carboxylic acids is 3. The van der Waals surface area contributed by atoms with Gasteiger partial charge < -0.3 is 19.7 Å². The van der Waals surface area contributed by atoms with Crippen molar-refractivity contribution >= 4 is 17.7 Å². The molecule has 1 aliphatic rings. The molecule has 20 heavy (non-hydrogen) atoms. The molecule has 2 rings (SSSR count). The predicted molar refractivity (Wildman–Crippen MR) is 63.6 cm³/mol. The number of cyclic esters (lactones) is 1. The normalized spacial score (nSPS) is 23.3. The van der Waals surface area contributed by atoms with Crippen LogP contribution in [0.15, 0.2) is 30.3 Å². The lowest BCUT2D eigenvalue weighted by Gasteiger charge is -2.15. The first-order chi connectivity index (χ1) is 9.50. The van der Waals surface area contributed by atoms with Crippen LogP contribution in [0.2, 0.25) is 0 Å². The molecule has 0 aromatic heterocycles. The van der Waals surface area contributed by atoms with E-state index in [9.17, 15) is 19.5 Å².